The summed E-state index contributed by atoms with van der Waals surface area (Å²) in [6.45, 7) is -2.53. The van der Waals surface area contributed by atoms with E-state index in [1.807, 2.05) is 0 Å². The summed E-state index contributed by atoms with van der Waals surface area (Å²) >= 11 is 0. The number of methoxy groups -OCH3 is 1. The van der Waals surface area contributed by atoms with Crippen LogP contribution in [0.4, 0.5) is 8.78 Å². The highest BCUT2D eigenvalue weighted by Crippen LogP contribution is 2.29. The lowest BCUT2D eigenvalue weighted by Crippen LogP contribution is -2.04. The number of nitrogens with two attached hydrogens (primary N) is 1. The van der Waals surface area contributed by atoms with Crippen molar-refractivity contribution in [1.82, 2.24) is 0 Å². The van der Waals surface area contributed by atoms with Crippen molar-refractivity contribution in [2.75, 3.05) is 7.11 Å². The highest BCUT2D eigenvalue weighted by molar-refractivity contribution is 5.85. The molecule has 15 heavy (non-hydrogen) atoms. The molecule has 0 fully saturated rings. The van der Waals surface area contributed by atoms with Gasteiger partial charge in [0.05, 0.1) is 7.11 Å². The number of rotatable bonds is 4. The molecule has 6 heteroatoms. The van der Waals surface area contributed by atoms with E-state index in [9.17, 15) is 8.78 Å². The quantitative estimate of drug-likeness (QED) is 0.876. The van der Waals surface area contributed by atoms with Crippen molar-refractivity contribution in [1.29, 1.82) is 0 Å². The standard InChI is InChI=1S/C9H11F2NO2.ClH/c1-13-8-4-6(5-12)2-3-7(8)14-9(10)11;/h2-4,9H,5,12H2,1H3;1H. The summed E-state index contributed by atoms with van der Waals surface area (Å²) in [5.41, 5.74) is 6.18. The lowest BCUT2D eigenvalue weighted by Gasteiger charge is -2.10. The van der Waals surface area contributed by atoms with Gasteiger partial charge in [-0.15, -0.1) is 12.4 Å². The topological polar surface area (TPSA) is 44.5 Å². The molecule has 0 radical (unpaired) electrons. The molecular weight excluding hydrogens is 228 g/mol. The van der Waals surface area contributed by atoms with Crippen molar-refractivity contribution in [3.63, 3.8) is 0 Å². The molecule has 0 bridgehead atoms. The Bertz CT molecular complexity index is 310. The van der Waals surface area contributed by atoms with Crippen LogP contribution in [0.3, 0.4) is 0 Å². The minimum Gasteiger partial charge on any atom is -0.493 e. The number of hydrogen-bond acceptors (Lipinski definition) is 3. The van der Waals surface area contributed by atoms with Gasteiger partial charge >= 0.3 is 6.61 Å². The molecule has 0 saturated heterocycles. The molecule has 0 aliphatic heterocycles. The Morgan fingerprint density at radius 3 is 2.47 bits per heavy atom. The Hall–Kier alpha value is -1.07. The summed E-state index contributed by atoms with van der Waals surface area (Å²) in [5.74, 6) is 0.271. The number of hydrogen-bond donors (Lipinski definition) is 1. The maximum atomic E-state index is 11.9. The Morgan fingerprint density at radius 2 is 2.00 bits per heavy atom. The molecule has 0 saturated carbocycles. The van der Waals surface area contributed by atoms with Crippen LogP contribution in [-0.4, -0.2) is 13.7 Å². The highest BCUT2D eigenvalue weighted by atomic mass is 35.5. The van der Waals surface area contributed by atoms with Crippen LogP contribution in [0, 0.1) is 0 Å². The summed E-state index contributed by atoms with van der Waals surface area (Å²) in [5, 5.41) is 0. The zero-order chi connectivity index (χ0) is 10.6. The number of benzene rings is 1. The molecule has 1 aromatic carbocycles. The van der Waals surface area contributed by atoms with Crippen LogP contribution in [0.2, 0.25) is 0 Å². The molecule has 1 aromatic rings. The summed E-state index contributed by atoms with van der Waals surface area (Å²) in [4.78, 5) is 0. The molecular formula is C9H12ClF2NO2. The zero-order valence-corrected chi connectivity index (χ0v) is 8.89. The minimum atomic E-state index is -2.85. The van der Waals surface area contributed by atoms with Crippen molar-refractivity contribution >= 4 is 12.4 Å². The maximum Gasteiger partial charge on any atom is 0.387 e. The van der Waals surface area contributed by atoms with Gasteiger partial charge in [-0.3, -0.25) is 0 Å². The van der Waals surface area contributed by atoms with Crippen molar-refractivity contribution in [2.24, 2.45) is 5.73 Å². The van der Waals surface area contributed by atoms with Crippen LogP contribution in [0.25, 0.3) is 0 Å². The summed E-state index contributed by atoms with van der Waals surface area (Å²) in [6.07, 6.45) is 0. The van der Waals surface area contributed by atoms with E-state index >= 15 is 0 Å². The van der Waals surface area contributed by atoms with Crippen LogP contribution in [0.1, 0.15) is 5.56 Å². The Balaban J connectivity index is 0.00000196. The van der Waals surface area contributed by atoms with Crippen LogP contribution in [0.5, 0.6) is 11.5 Å². The average Bonchev–Trinajstić information content (AvgIpc) is 2.17. The Morgan fingerprint density at radius 1 is 1.33 bits per heavy atom. The van der Waals surface area contributed by atoms with Crippen LogP contribution in [0.15, 0.2) is 18.2 Å². The summed E-state index contributed by atoms with van der Waals surface area (Å²) < 4.78 is 32.9. The fourth-order valence-electron chi connectivity index (χ4n) is 1.03. The second kappa shape index (κ2) is 6.42. The van der Waals surface area contributed by atoms with E-state index in [1.165, 1.54) is 13.2 Å². The predicted octanol–water partition coefficient (Wildman–Crippen LogP) is 2.18. The lowest BCUT2D eigenvalue weighted by atomic mass is 10.2. The van der Waals surface area contributed by atoms with E-state index in [-0.39, 0.29) is 23.9 Å². The van der Waals surface area contributed by atoms with Gasteiger partial charge in [0.15, 0.2) is 11.5 Å². The van der Waals surface area contributed by atoms with Crippen LogP contribution >= 0.6 is 12.4 Å². The van der Waals surface area contributed by atoms with E-state index in [4.69, 9.17) is 10.5 Å². The van der Waals surface area contributed by atoms with Crippen molar-refractivity contribution in [2.45, 2.75) is 13.2 Å². The second-order valence-electron chi connectivity index (χ2n) is 2.57. The SMILES string of the molecule is COc1cc(CN)ccc1OC(F)F.Cl. The summed E-state index contributed by atoms with van der Waals surface area (Å²) in [7, 11) is 1.38. The van der Waals surface area contributed by atoms with Gasteiger partial charge in [0.1, 0.15) is 0 Å². The molecule has 0 aliphatic rings. The second-order valence-corrected chi connectivity index (χ2v) is 2.57. The normalized spacial score (nSPS) is 9.67. The molecule has 0 aromatic heterocycles. The highest BCUT2D eigenvalue weighted by Gasteiger charge is 2.10. The predicted molar refractivity (Wildman–Crippen MR) is 54.8 cm³/mol. The van der Waals surface area contributed by atoms with Gasteiger partial charge in [-0.05, 0) is 17.7 Å². The molecule has 2 N–H and O–H groups in total. The van der Waals surface area contributed by atoms with E-state index in [1.54, 1.807) is 12.1 Å². The third-order valence-corrected chi connectivity index (χ3v) is 1.68. The third kappa shape index (κ3) is 3.89. The van der Waals surface area contributed by atoms with Gasteiger partial charge in [0.25, 0.3) is 0 Å². The summed E-state index contributed by atoms with van der Waals surface area (Å²) in [6, 6.07) is 4.59. The van der Waals surface area contributed by atoms with Crippen LogP contribution in [-0.2, 0) is 6.54 Å². The monoisotopic (exact) mass is 239 g/mol. The smallest absolute Gasteiger partial charge is 0.387 e. The zero-order valence-electron chi connectivity index (χ0n) is 8.07. The molecule has 0 aliphatic carbocycles. The number of halogens is 3. The van der Waals surface area contributed by atoms with Gasteiger partial charge in [0.2, 0.25) is 0 Å². The number of alkyl halides is 2. The average molecular weight is 240 g/mol. The van der Waals surface area contributed by atoms with Crippen molar-refractivity contribution in [3.8, 4) is 11.5 Å². The van der Waals surface area contributed by atoms with Crippen molar-refractivity contribution in [3.05, 3.63) is 23.8 Å². The van der Waals surface area contributed by atoms with Gasteiger partial charge in [-0.1, -0.05) is 6.07 Å². The lowest BCUT2D eigenvalue weighted by molar-refractivity contribution is -0.0512. The van der Waals surface area contributed by atoms with Gasteiger partial charge in [-0.2, -0.15) is 8.78 Å². The molecule has 0 atom stereocenters. The molecule has 0 amide bonds. The molecule has 1 rings (SSSR count). The third-order valence-electron chi connectivity index (χ3n) is 1.68. The largest absolute Gasteiger partial charge is 0.493 e. The molecule has 0 heterocycles. The molecule has 86 valence electrons. The first-order chi connectivity index (χ1) is 6.67. The van der Waals surface area contributed by atoms with Crippen LogP contribution < -0.4 is 15.2 Å². The number of ether oxygens (including phenoxy) is 2. The van der Waals surface area contributed by atoms with E-state index in [0.29, 0.717) is 6.54 Å². The van der Waals surface area contributed by atoms with E-state index in [2.05, 4.69) is 4.74 Å². The van der Waals surface area contributed by atoms with Gasteiger partial charge in [0, 0.05) is 6.54 Å². The Kier molecular flexibility index (Phi) is 5.96. The fraction of sp³-hybridized carbons (Fsp3) is 0.333. The molecule has 3 nitrogen and oxygen atoms in total. The van der Waals surface area contributed by atoms with Crippen molar-refractivity contribution < 1.29 is 18.3 Å². The van der Waals surface area contributed by atoms with Gasteiger partial charge < -0.3 is 15.2 Å². The first-order valence-corrected chi connectivity index (χ1v) is 3.99. The van der Waals surface area contributed by atoms with E-state index < -0.39 is 6.61 Å². The molecule has 0 spiro atoms. The first-order valence-electron chi connectivity index (χ1n) is 3.99. The Labute approximate surface area is 92.6 Å². The molecule has 0 unspecified atom stereocenters. The minimum absolute atomic E-state index is 0. The maximum absolute atomic E-state index is 11.9. The fourth-order valence-corrected chi connectivity index (χ4v) is 1.03. The van der Waals surface area contributed by atoms with Gasteiger partial charge in [-0.25, -0.2) is 0 Å². The van der Waals surface area contributed by atoms with E-state index in [0.717, 1.165) is 5.56 Å². The first kappa shape index (κ1) is 13.9.